The smallest absolute Gasteiger partial charge is 0.223 e. The molecule has 18 heavy (non-hydrogen) atoms. The monoisotopic (exact) mass is 246 g/mol. The average molecular weight is 246 g/mol. The Kier molecular flexibility index (Phi) is 4.76. The molecule has 1 aromatic rings. The Bertz CT molecular complexity index is 371. The topological polar surface area (TPSA) is 32.3 Å². The molecule has 0 aliphatic carbocycles. The summed E-state index contributed by atoms with van der Waals surface area (Å²) in [7, 11) is 0. The Morgan fingerprint density at radius 3 is 2.56 bits per heavy atom. The Balaban J connectivity index is 1.95. The summed E-state index contributed by atoms with van der Waals surface area (Å²) in [6.45, 7) is 5.71. The van der Waals surface area contributed by atoms with Crippen LogP contribution in [0, 0.1) is 0 Å². The van der Waals surface area contributed by atoms with Crippen molar-refractivity contribution in [3.8, 4) is 0 Å². The van der Waals surface area contributed by atoms with Crippen molar-refractivity contribution in [3.63, 3.8) is 0 Å². The van der Waals surface area contributed by atoms with Gasteiger partial charge in [-0.05, 0) is 17.9 Å². The highest BCUT2D eigenvalue weighted by Gasteiger charge is 2.20. The van der Waals surface area contributed by atoms with Gasteiger partial charge in [-0.1, -0.05) is 37.3 Å². The molecule has 1 amide bonds. The molecule has 3 heteroatoms. The predicted molar refractivity (Wildman–Crippen MR) is 73.5 cm³/mol. The molecule has 1 saturated heterocycles. The van der Waals surface area contributed by atoms with Gasteiger partial charge in [-0.2, -0.15) is 0 Å². The van der Waals surface area contributed by atoms with Gasteiger partial charge in [0, 0.05) is 32.6 Å². The molecule has 1 aromatic carbocycles. The zero-order chi connectivity index (χ0) is 12.8. The quantitative estimate of drug-likeness (QED) is 0.881. The lowest BCUT2D eigenvalue weighted by Crippen LogP contribution is -2.46. The molecule has 0 radical (unpaired) electrons. The maximum Gasteiger partial charge on any atom is 0.223 e. The van der Waals surface area contributed by atoms with Crippen molar-refractivity contribution in [2.45, 2.75) is 25.7 Å². The lowest BCUT2D eigenvalue weighted by molar-refractivity contribution is -0.132. The van der Waals surface area contributed by atoms with E-state index in [1.54, 1.807) is 0 Å². The van der Waals surface area contributed by atoms with Crippen molar-refractivity contribution in [3.05, 3.63) is 35.9 Å². The number of carbonyl (C=O) groups excluding carboxylic acids is 1. The van der Waals surface area contributed by atoms with E-state index in [0.717, 1.165) is 32.6 Å². The first-order valence-corrected chi connectivity index (χ1v) is 6.84. The van der Waals surface area contributed by atoms with E-state index in [9.17, 15) is 4.79 Å². The molecule has 0 saturated carbocycles. The van der Waals surface area contributed by atoms with Gasteiger partial charge in [-0.3, -0.25) is 4.79 Å². The Labute approximate surface area is 109 Å². The van der Waals surface area contributed by atoms with Crippen molar-refractivity contribution in [1.82, 2.24) is 10.2 Å². The van der Waals surface area contributed by atoms with Crippen molar-refractivity contribution >= 4 is 5.91 Å². The number of amides is 1. The summed E-state index contributed by atoms with van der Waals surface area (Å²) in [6, 6.07) is 10.4. The van der Waals surface area contributed by atoms with Gasteiger partial charge in [0.15, 0.2) is 0 Å². The van der Waals surface area contributed by atoms with Gasteiger partial charge in [-0.15, -0.1) is 0 Å². The fourth-order valence-corrected chi connectivity index (χ4v) is 2.48. The van der Waals surface area contributed by atoms with Gasteiger partial charge in [0.25, 0.3) is 0 Å². The van der Waals surface area contributed by atoms with Crippen LogP contribution < -0.4 is 5.32 Å². The van der Waals surface area contributed by atoms with Crippen molar-refractivity contribution in [2.75, 3.05) is 26.2 Å². The normalized spacial score (nSPS) is 17.5. The largest absolute Gasteiger partial charge is 0.340 e. The van der Waals surface area contributed by atoms with Crippen LogP contribution in [-0.4, -0.2) is 37.0 Å². The minimum absolute atomic E-state index is 0.298. The molecule has 0 aromatic heterocycles. The first-order chi connectivity index (χ1) is 8.81. The van der Waals surface area contributed by atoms with Crippen molar-refractivity contribution < 1.29 is 4.79 Å². The van der Waals surface area contributed by atoms with Crippen LogP contribution in [0.25, 0.3) is 0 Å². The van der Waals surface area contributed by atoms with E-state index in [-0.39, 0.29) is 0 Å². The zero-order valence-electron chi connectivity index (χ0n) is 11.1. The number of nitrogens with one attached hydrogen (secondary N) is 1. The number of carbonyl (C=O) groups is 1. The Morgan fingerprint density at radius 2 is 1.94 bits per heavy atom. The standard InChI is InChI=1S/C15H22N2O/c1-2-13(14-6-4-3-5-7-14)12-15(18)17-10-8-16-9-11-17/h3-7,13,16H,2,8-12H2,1H3. The van der Waals surface area contributed by atoms with Crippen molar-refractivity contribution in [2.24, 2.45) is 0 Å². The average Bonchev–Trinajstić information content (AvgIpc) is 2.46. The molecule has 1 unspecified atom stereocenters. The maximum absolute atomic E-state index is 12.2. The molecule has 0 bridgehead atoms. The number of piperazine rings is 1. The van der Waals surface area contributed by atoms with Crippen LogP contribution in [0.2, 0.25) is 0 Å². The molecule has 2 rings (SSSR count). The van der Waals surface area contributed by atoms with E-state index in [1.165, 1.54) is 5.56 Å². The van der Waals surface area contributed by atoms with Gasteiger partial charge in [0.05, 0.1) is 0 Å². The molecule has 1 aliphatic heterocycles. The molecule has 0 spiro atoms. The van der Waals surface area contributed by atoms with E-state index in [1.807, 2.05) is 23.1 Å². The summed E-state index contributed by atoms with van der Waals surface area (Å²) in [4.78, 5) is 14.2. The van der Waals surface area contributed by atoms with E-state index in [0.29, 0.717) is 18.2 Å². The minimum Gasteiger partial charge on any atom is -0.340 e. The summed E-state index contributed by atoms with van der Waals surface area (Å²) in [5.41, 5.74) is 1.28. The third-order valence-electron chi connectivity index (χ3n) is 3.65. The molecule has 1 fully saturated rings. The SMILES string of the molecule is CCC(CC(=O)N1CCNCC1)c1ccccc1. The van der Waals surface area contributed by atoms with Gasteiger partial charge in [0.2, 0.25) is 5.91 Å². The number of hydrogen-bond donors (Lipinski definition) is 1. The van der Waals surface area contributed by atoms with Crippen LogP contribution in [0.5, 0.6) is 0 Å². The molecule has 1 heterocycles. The second kappa shape index (κ2) is 6.55. The molecular weight excluding hydrogens is 224 g/mol. The molecule has 1 aliphatic rings. The van der Waals surface area contributed by atoms with Crippen LogP contribution in [0.3, 0.4) is 0 Å². The number of rotatable bonds is 4. The summed E-state index contributed by atoms with van der Waals surface area (Å²) in [5.74, 6) is 0.654. The molecule has 3 nitrogen and oxygen atoms in total. The first kappa shape index (κ1) is 13.1. The highest BCUT2D eigenvalue weighted by atomic mass is 16.2. The van der Waals surface area contributed by atoms with Gasteiger partial charge in [-0.25, -0.2) is 0 Å². The van der Waals surface area contributed by atoms with E-state index in [4.69, 9.17) is 0 Å². The summed E-state index contributed by atoms with van der Waals surface area (Å²) in [5, 5.41) is 3.27. The van der Waals surface area contributed by atoms with Gasteiger partial charge in [0.1, 0.15) is 0 Å². The maximum atomic E-state index is 12.2. The number of hydrogen-bond acceptors (Lipinski definition) is 2. The number of nitrogens with zero attached hydrogens (tertiary/aromatic N) is 1. The van der Waals surface area contributed by atoms with Crippen LogP contribution in [0.15, 0.2) is 30.3 Å². The van der Waals surface area contributed by atoms with Crippen LogP contribution in [0.1, 0.15) is 31.2 Å². The highest BCUT2D eigenvalue weighted by Crippen LogP contribution is 2.23. The predicted octanol–water partition coefficient (Wildman–Crippen LogP) is 2.00. The summed E-state index contributed by atoms with van der Waals surface area (Å²) >= 11 is 0. The minimum atomic E-state index is 0.298. The lowest BCUT2D eigenvalue weighted by Gasteiger charge is -2.29. The molecule has 1 N–H and O–H groups in total. The fourth-order valence-electron chi connectivity index (χ4n) is 2.48. The van der Waals surface area contributed by atoms with Gasteiger partial charge < -0.3 is 10.2 Å². The van der Waals surface area contributed by atoms with E-state index in [2.05, 4.69) is 24.4 Å². The zero-order valence-corrected chi connectivity index (χ0v) is 11.1. The van der Waals surface area contributed by atoms with E-state index < -0.39 is 0 Å². The third-order valence-corrected chi connectivity index (χ3v) is 3.65. The Morgan fingerprint density at radius 1 is 1.28 bits per heavy atom. The van der Waals surface area contributed by atoms with Crippen LogP contribution in [-0.2, 0) is 4.79 Å². The van der Waals surface area contributed by atoms with Gasteiger partial charge >= 0.3 is 0 Å². The fraction of sp³-hybridized carbons (Fsp3) is 0.533. The van der Waals surface area contributed by atoms with Crippen LogP contribution in [0.4, 0.5) is 0 Å². The second-order valence-corrected chi connectivity index (χ2v) is 4.85. The molecule has 1 atom stereocenters. The summed E-state index contributed by atoms with van der Waals surface area (Å²) < 4.78 is 0. The van der Waals surface area contributed by atoms with Crippen molar-refractivity contribution in [1.29, 1.82) is 0 Å². The highest BCUT2D eigenvalue weighted by molar-refractivity contribution is 5.77. The van der Waals surface area contributed by atoms with E-state index >= 15 is 0 Å². The second-order valence-electron chi connectivity index (χ2n) is 4.85. The van der Waals surface area contributed by atoms with Crippen LogP contribution >= 0.6 is 0 Å². The Hall–Kier alpha value is -1.35. The number of benzene rings is 1. The molecule has 98 valence electrons. The summed E-state index contributed by atoms with van der Waals surface area (Å²) in [6.07, 6.45) is 1.66. The lowest BCUT2D eigenvalue weighted by atomic mass is 9.92. The first-order valence-electron chi connectivity index (χ1n) is 6.84. The third kappa shape index (κ3) is 3.33. The molecular formula is C15H22N2O.